The van der Waals surface area contributed by atoms with E-state index in [2.05, 4.69) is 27.7 Å². The summed E-state index contributed by atoms with van der Waals surface area (Å²) in [6.07, 6.45) is 12.6. The van der Waals surface area contributed by atoms with Crippen LogP contribution in [0.25, 0.3) is 0 Å². The van der Waals surface area contributed by atoms with Crippen LogP contribution in [0.2, 0.25) is 0 Å². The van der Waals surface area contributed by atoms with Crippen molar-refractivity contribution in [2.24, 2.45) is 52.8 Å². The number of hydrogen-bond donors (Lipinski definition) is 0. The van der Waals surface area contributed by atoms with Crippen molar-refractivity contribution in [2.45, 2.75) is 79.1 Å². The van der Waals surface area contributed by atoms with Crippen LogP contribution in [0.4, 0.5) is 0 Å². The fourth-order valence-corrected chi connectivity index (χ4v) is 7.34. The maximum atomic E-state index is 2.58. The van der Waals surface area contributed by atoms with Crippen LogP contribution in [0, 0.1) is 52.8 Å². The lowest BCUT2D eigenvalue weighted by Gasteiger charge is -2.61. The molecule has 4 aliphatic rings. The van der Waals surface area contributed by atoms with Crippen LogP contribution >= 0.6 is 0 Å². The van der Waals surface area contributed by atoms with E-state index in [1.165, 1.54) is 0 Å². The molecule has 0 aromatic carbocycles. The average Bonchev–Trinajstić information content (AvgIpc) is 2.45. The van der Waals surface area contributed by atoms with Crippen LogP contribution in [0.5, 0.6) is 0 Å². The summed E-state index contributed by atoms with van der Waals surface area (Å²) in [6.45, 7) is 10.1. The third kappa shape index (κ3) is 2.31. The summed E-state index contributed by atoms with van der Waals surface area (Å²) in [5, 5.41) is 0. The lowest BCUT2D eigenvalue weighted by molar-refractivity contribution is -0.114. The van der Waals surface area contributed by atoms with Crippen molar-refractivity contribution in [3.8, 4) is 0 Å². The first-order valence-corrected chi connectivity index (χ1v) is 9.95. The second kappa shape index (κ2) is 5.00. The van der Waals surface area contributed by atoms with Crippen LogP contribution in [-0.4, -0.2) is 0 Å². The van der Waals surface area contributed by atoms with Gasteiger partial charge < -0.3 is 0 Å². The second-order valence-corrected chi connectivity index (χ2v) is 10.3. The average molecular weight is 289 g/mol. The zero-order valence-corrected chi connectivity index (χ0v) is 14.8. The molecule has 0 N–H and O–H groups in total. The first kappa shape index (κ1) is 14.6. The largest absolute Gasteiger partial charge is 0.0622 e. The van der Waals surface area contributed by atoms with Gasteiger partial charge in [0.15, 0.2) is 0 Å². The molecule has 0 heteroatoms. The molecule has 0 aromatic heterocycles. The van der Waals surface area contributed by atoms with E-state index in [0.717, 1.165) is 47.3 Å². The third-order valence-corrected chi connectivity index (χ3v) is 8.47. The van der Waals surface area contributed by atoms with Crippen LogP contribution in [0.1, 0.15) is 79.1 Å². The molecule has 0 radical (unpaired) electrons. The molecule has 0 aliphatic heterocycles. The van der Waals surface area contributed by atoms with Gasteiger partial charge in [-0.25, -0.2) is 0 Å². The Labute approximate surface area is 132 Å². The van der Waals surface area contributed by atoms with E-state index >= 15 is 0 Å². The highest BCUT2D eigenvalue weighted by atomic mass is 14.6. The fraction of sp³-hybridized carbons (Fsp3) is 1.00. The summed E-state index contributed by atoms with van der Waals surface area (Å²) in [6, 6.07) is 0. The molecular weight excluding hydrogens is 252 g/mol. The molecule has 8 unspecified atom stereocenters. The van der Waals surface area contributed by atoms with Crippen LogP contribution in [0.3, 0.4) is 0 Å². The maximum Gasteiger partial charge on any atom is -0.0321 e. The highest BCUT2D eigenvalue weighted by Crippen LogP contribution is 2.62. The smallest absolute Gasteiger partial charge is 0.0321 e. The van der Waals surface area contributed by atoms with E-state index in [0.29, 0.717) is 5.41 Å². The molecule has 120 valence electrons. The molecule has 4 rings (SSSR count). The third-order valence-electron chi connectivity index (χ3n) is 8.47. The van der Waals surface area contributed by atoms with Crippen molar-refractivity contribution in [3.63, 3.8) is 0 Å². The molecule has 0 heterocycles. The summed E-state index contributed by atoms with van der Waals surface area (Å²) >= 11 is 0. The molecule has 0 amide bonds. The predicted molar refractivity (Wildman–Crippen MR) is 90.0 cm³/mol. The molecule has 0 nitrogen and oxygen atoms in total. The van der Waals surface area contributed by atoms with Gasteiger partial charge in [0.25, 0.3) is 0 Å². The highest BCUT2D eigenvalue weighted by Gasteiger charge is 2.54. The van der Waals surface area contributed by atoms with Crippen molar-refractivity contribution in [2.75, 3.05) is 0 Å². The van der Waals surface area contributed by atoms with Gasteiger partial charge in [0, 0.05) is 0 Å². The molecule has 8 atom stereocenters. The molecule has 4 aliphatic carbocycles. The Morgan fingerprint density at radius 2 is 1.24 bits per heavy atom. The molecule has 21 heavy (non-hydrogen) atoms. The van der Waals surface area contributed by atoms with E-state index in [-0.39, 0.29) is 0 Å². The zero-order valence-electron chi connectivity index (χ0n) is 14.8. The highest BCUT2D eigenvalue weighted by molar-refractivity contribution is 5.03. The summed E-state index contributed by atoms with van der Waals surface area (Å²) in [5.74, 6) is 8.75. The molecule has 0 aromatic rings. The van der Waals surface area contributed by atoms with E-state index < -0.39 is 0 Å². The Morgan fingerprint density at radius 3 is 1.90 bits per heavy atom. The zero-order chi connectivity index (χ0) is 14.8. The number of rotatable bonds is 0. The monoisotopic (exact) mass is 288 g/mol. The van der Waals surface area contributed by atoms with E-state index in [1.54, 1.807) is 51.4 Å². The first-order valence-electron chi connectivity index (χ1n) is 9.95. The van der Waals surface area contributed by atoms with Crippen molar-refractivity contribution in [3.05, 3.63) is 0 Å². The van der Waals surface area contributed by atoms with E-state index in [4.69, 9.17) is 0 Å². The van der Waals surface area contributed by atoms with Gasteiger partial charge in [0.05, 0.1) is 0 Å². The molecule has 0 spiro atoms. The topological polar surface area (TPSA) is 0 Å². The Bertz CT molecular complexity index is 381. The van der Waals surface area contributed by atoms with Crippen molar-refractivity contribution < 1.29 is 0 Å². The number of hydrogen-bond acceptors (Lipinski definition) is 0. The van der Waals surface area contributed by atoms with E-state index in [9.17, 15) is 0 Å². The van der Waals surface area contributed by atoms with Crippen LogP contribution < -0.4 is 0 Å². The molecule has 0 bridgehead atoms. The van der Waals surface area contributed by atoms with Crippen molar-refractivity contribution >= 4 is 0 Å². The van der Waals surface area contributed by atoms with Gasteiger partial charge in [-0.05, 0) is 97.7 Å². The maximum absolute atomic E-state index is 2.58. The second-order valence-electron chi connectivity index (χ2n) is 10.3. The quantitative estimate of drug-likeness (QED) is 0.501. The fourth-order valence-electron chi connectivity index (χ4n) is 7.34. The summed E-state index contributed by atoms with van der Waals surface area (Å²) < 4.78 is 0. The lowest BCUT2D eigenvalue weighted by atomic mass is 9.44. The Hall–Kier alpha value is 0. The van der Waals surface area contributed by atoms with Gasteiger partial charge in [-0.2, -0.15) is 0 Å². The normalized spacial score (nSPS) is 53.1. The van der Waals surface area contributed by atoms with Crippen molar-refractivity contribution in [1.82, 2.24) is 0 Å². The molecular formula is C21H36. The lowest BCUT2D eigenvalue weighted by Crippen LogP contribution is -2.53. The van der Waals surface area contributed by atoms with Crippen LogP contribution in [-0.2, 0) is 0 Å². The van der Waals surface area contributed by atoms with Crippen LogP contribution in [0.15, 0.2) is 0 Å². The minimum absolute atomic E-state index is 0.540. The van der Waals surface area contributed by atoms with Gasteiger partial charge in [0.2, 0.25) is 0 Å². The van der Waals surface area contributed by atoms with Gasteiger partial charge >= 0.3 is 0 Å². The first-order chi connectivity index (χ1) is 9.95. The minimum atomic E-state index is 0.540. The summed E-state index contributed by atoms with van der Waals surface area (Å²) in [5.41, 5.74) is 0.540. The Balaban J connectivity index is 1.61. The molecule has 4 saturated carbocycles. The Morgan fingerprint density at radius 1 is 0.667 bits per heavy atom. The summed E-state index contributed by atoms with van der Waals surface area (Å²) in [7, 11) is 0. The molecule has 0 saturated heterocycles. The predicted octanol–water partition coefficient (Wildman–Crippen LogP) is 6.16. The van der Waals surface area contributed by atoms with E-state index in [1.807, 2.05) is 0 Å². The minimum Gasteiger partial charge on any atom is -0.0622 e. The Kier molecular flexibility index (Phi) is 3.47. The molecule has 4 fully saturated rings. The van der Waals surface area contributed by atoms with Gasteiger partial charge in [-0.3, -0.25) is 0 Å². The SMILES string of the molecule is CC1CCC2CCC3CC(C(C)(C)C)CC4CCC1C2C34. The van der Waals surface area contributed by atoms with Gasteiger partial charge in [-0.15, -0.1) is 0 Å². The van der Waals surface area contributed by atoms with Gasteiger partial charge in [-0.1, -0.05) is 34.1 Å². The standard InChI is InChI=1S/C21H36/c1-13-5-6-14-7-8-15-11-17(21(2,3)4)12-16-9-10-18(13)20(14)19(15)16/h13-20H,5-12H2,1-4H3. The van der Waals surface area contributed by atoms with Crippen molar-refractivity contribution in [1.29, 1.82) is 0 Å². The summed E-state index contributed by atoms with van der Waals surface area (Å²) in [4.78, 5) is 0. The van der Waals surface area contributed by atoms with Gasteiger partial charge in [0.1, 0.15) is 0 Å².